The Balaban J connectivity index is 1.32. The van der Waals surface area contributed by atoms with Gasteiger partial charge in [0.1, 0.15) is 18.5 Å². The summed E-state index contributed by atoms with van der Waals surface area (Å²) in [5.41, 5.74) is 2.73. The minimum Gasteiger partial charge on any atom is -0.356 e. The largest absolute Gasteiger partial charge is 0.356 e. The van der Waals surface area contributed by atoms with Gasteiger partial charge in [-0.3, -0.25) is 4.79 Å². The van der Waals surface area contributed by atoms with Gasteiger partial charge in [-0.2, -0.15) is 14.7 Å². The second-order valence-corrected chi connectivity index (χ2v) is 7.79. The molecule has 0 radical (unpaired) electrons. The molecule has 1 fully saturated rings. The number of hydrogen-bond donors (Lipinski definition) is 0. The molecule has 4 aromatic rings. The number of anilines is 1. The Hall–Kier alpha value is -3.56. The molecular formula is C20H23N9O. The fraction of sp³-hybridized carbons (Fsp3) is 0.400. The van der Waals surface area contributed by atoms with Crippen molar-refractivity contribution in [1.82, 2.24) is 39.1 Å². The van der Waals surface area contributed by atoms with E-state index in [1.54, 1.807) is 21.8 Å². The van der Waals surface area contributed by atoms with Gasteiger partial charge in [0.2, 0.25) is 0 Å². The molecule has 10 nitrogen and oxygen atoms in total. The fourth-order valence-corrected chi connectivity index (χ4v) is 4.03. The van der Waals surface area contributed by atoms with Crippen LogP contribution in [0.3, 0.4) is 0 Å². The zero-order valence-electron chi connectivity index (χ0n) is 17.0. The standard InChI is InChI=1S/C20H23N9O/c1-14-10-19(29-18(23-14)9-15(2)24-29)26-7-5-16(6-8-26)11-27-20(30)4-3-17(25-27)28-13-21-12-22-28/h3-4,9-10,12-13,16H,5-8,11H2,1-2H3. The quantitative estimate of drug-likeness (QED) is 0.506. The van der Waals surface area contributed by atoms with E-state index < -0.39 is 0 Å². The predicted octanol–water partition coefficient (Wildman–Crippen LogP) is 1.40. The fourth-order valence-electron chi connectivity index (χ4n) is 4.03. The SMILES string of the molecule is Cc1cc(N2CCC(Cn3nc(-n4cncn4)ccc3=O)CC2)n2nc(C)cc2n1. The highest BCUT2D eigenvalue weighted by molar-refractivity contribution is 5.52. The maximum Gasteiger partial charge on any atom is 0.266 e. The van der Waals surface area contributed by atoms with Gasteiger partial charge in [-0.05, 0) is 38.7 Å². The summed E-state index contributed by atoms with van der Waals surface area (Å²) >= 11 is 0. The summed E-state index contributed by atoms with van der Waals surface area (Å²) in [4.78, 5) is 23.2. The third kappa shape index (κ3) is 3.44. The van der Waals surface area contributed by atoms with Crippen LogP contribution in [0.2, 0.25) is 0 Å². The maximum atomic E-state index is 12.3. The average Bonchev–Trinajstić information content (AvgIpc) is 3.39. The molecule has 0 spiro atoms. The zero-order valence-corrected chi connectivity index (χ0v) is 17.0. The first-order valence-electron chi connectivity index (χ1n) is 10.1. The normalized spacial score (nSPS) is 15.2. The van der Waals surface area contributed by atoms with Crippen molar-refractivity contribution >= 4 is 11.5 Å². The topological polar surface area (TPSA) is 99.0 Å². The Morgan fingerprint density at radius 1 is 1.07 bits per heavy atom. The van der Waals surface area contributed by atoms with E-state index in [-0.39, 0.29) is 5.56 Å². The van der Waals surface area contributed by atoms with Gasteiger partial charge in [-0.15, -0.1) is 5.10 Å². The third-order valence-corrected chi connectivity index (χ3v) is 5.53. The van der Waals surface area contributed by atoms with E-state index in [0.29, 0.717) is 18.3 Å². The maximum absolute atomic E-state index is 12.3. The van der Waals surface area contributed by atoms with Gasteiger partial charge in [0, 0.05) is 43.5 Å². The molecule has 0 atom stereocenters. The number of fused-ring (bicyclic) bond motifs is 1. The highest BCUT2D eigenvalue weighted by Gasteiger charge is 2.23. The molecule has 0 N–H and O–H groups in total. The van der Waals surface area contributed by atoms with Crippen molar-refractivity contribution in [3.8, 4) is 5.82 Å². The van der Waals surface area contributed by atoms with Crippen LogP contribution in [-0.2, 0) is 6.54 Å². The molecule has 0 bridgehead atoms. The number of rotatable bonds is 4. The van der Waals surface area contributed by atoms with E-state index in [9.17, 15) is 4.79 Å². The summed E-state index contributed by atoms with van der Waals surface area (Å²) < 4.78 is 5.03. The smallest absolute Gasteiger partial charge is 0.266 e. The molecule has 1 aliphatic heterocycles. The molecule has 10 heteroatoms. The molecule has 0 unspecified atom stereocenters. The molecular weight excluding hydrogens is 382 g/mol. The molecule has 5 heterocycles. The van der Waals surface area contributed by atoms with Crippen LogP contribution in [0.4, 0.5) is 5.82 Å². The van der Waals surface area contributed by atoms with Crippen molar-refractivity contribution in [2.24, 2.45) is 5.92 Å². The van der Waals surface area contributed by atoms with E-state index in [1.807, 2.05) is 24.4 Å². The molecule has 4 aromatic heterocycles. The molecule has 0 saturated carbocycles. The monoisotopic (exact) mass is 405 g/mol. The number of aromatic nitrogens is 8. The minimum atomic E-state index is -0.0974. The summed E-state index contributed by atoms with van der Waals surface area (Å²) in [5.74, 6) is 2.05. The van der Waals surface area contributed by atoms with E-state index in [0.717, 1.165) is 48.8 Å². The summed E-state index contributed by atoms with van der Waals surface area (Å²) in [7, 11) is 0. The summed E-state index contributed by atoms with van der Waals surface area (Å²) in [5, 5.41) is 13.2. The van der Waals surface area contributed by atoms with Gasteiger partial charge < -0.3 is 4.90 Å². The summed E-state index contributed by atoms with van der Waals surface area (Å²) in [6.07, 6.45) is 4.98. The van der Waals surface area contributed by atoms with Crippen molar-refractivity contribution in [3.05, 3.63) is 58.7 Å². The van der Waals surface area contributed by atoms with Crippen LogP contribution >= 0.6 is 0 Å². The third-order valence-electron chi connectivity index (χ3n) is 5.53. The lowest BCUT2D eigenvalue weighted by Gasteiger charge is -2.33. The Morgan fingerprint density at radius 3 is 2.67 bits per heavy atom. The van der Waals surface area contributed by atoms with Gasteiger partial charge in [-0.25, -0.2) is 19.3 Å². The first-order chi connectivity index (χ1) is 14.6. The van der Waals surface area contributed by atoms with Gasteiger partial charge in [0.15, 0.2) is 11.5 Å². The Kier molecular flexibility index (Phi) is 4.53. The van der Waals surface area contributed by atoms with E-state index in [2.05, 4.69) is 36.2 Å². The molecule has 0 aliphatic carbocycles. The Labute approximate surface area is 172 Å². The summed E-state index contributed by atoms with van der Waals surface area (Å²) in [6.45, 7) is 6.40. The molecule has 154 valence electrons. The van der Waals surface area contributed by atoms with Crippen LogP contribution in [0.5, 0.6) is 0 Å². The highest BCUT2D eigenvalue weighted by atomic mass is 16.1. The average molecular weight is 405 g/mol. The molecule has 1 saturated heterocycles. The van der Waals surface area contributed by atoms with Crippen LogP contribution in [0.1, 0.15) is 24.2 Å². The van der Waals surface area contributed by atoms with Crippen molar-refractivity contribution in [2.45, 2.75) is 33.2 Å². The van der Waals surface area contributed by atoms with Crippen molar-refractivity contribution in [2.75, 3.05) is 18.0 Å². The second kappa shape index (κ2) is 7.36. The first-order valence-corrected chi connectivity index (χ1v) is 10.1. The molecule has 30 heavy (non-hydrogen) atoms. The predicted molar refractivity (Wildman–Crippen MR) is 111 cm³/mol. The van der Waals surface area contributed by atoms with Gasteiger partial charge >= 0.3 is 0 Å². The van der Waals surface area contributed by atoms with Gasteiger partial charge in [-0.1, -0.05) is 0 Å². The van der Waals surface area contributed by atoms with Crippen LogP contribution < -0.4 is 10.5 Å². The minimum absolute atomic E-state index is 0.0974. The number of aryl methyl sites for hydroxylation is 2. The van der Waals surface area contributed by atoms with Crippen LogP contribution in [0.25, 0.3) is 11.5 Å². The van der Waals surface area contributed by atoms with Crippen LogP contribution in [-0.4, -0.2) is 52.2 Å². The lowest BCUT2D eigenvalue weighted by atomic mass is 9.97. The van der Waals surface area contributed by atoms with E-state index in [1.165, 1.54) is 12.4 Å². The number of piperidine rings is 1. The molecule has 0 amide bonds. The Bertz CT molecular complexity index is 1230. The van der Waals surface area contributed by atoms with Gasteiger partial charge in [0.25, 0.3) is 5.56 Å². The molecule has 5 rings (SSSR count). The number of hydrogen-bond acceptors (Lipinski definition) is 7. The second-order valence-electron chi connectivity index (χ2n) is 7.79. The van der Waals surface area contributed by atoms with Crippen molar-refractivity contribution in [3.63, 3.8) is 0 Å². The first kappa shape index (κ1) is 18.5. The lowest BCUT2D eigenvalue weighted by molar-refractivity contribution is 0.333. The van der Waals surface area contributed by atoms with Gasteiger partial charge in [0.05, 0.1) is 5.69 Å². The van der Waals surface area contributed by atoms with E-state index in [4.69, 9.17) is 0 Å². The zero-order chi connectivity index (χ0) is 20.7. The lowest BCUT2D eigenvalue weighted by Crippen LogP contribution is -2.38. The highest BCUT2D eigenvalue weighted by Crippen LogP contribution is 2.25. The molecule has 1 aliphatic rings. The van der Waals surface area contributed by atoms with Crippen LogP contribution in [0.15, 0.2) is 41.7 Å². The number of nitrogens with zero attached hydrogens (tertiary/aromatic N) is 9. The summed E-state index contributed by atoms with van der Waals surface area (Å²) in [6, 6.07) is 7.30. The van der Waals surface area contributed by atoms with E-state index >= 15 is 0 Å². The molecule has 0 aromatic carbocycles. The van der Waals surface area contributed by atoms with Crippen molar-refractivity contribution < 1.29 is 0 Å². The van der Waals surface area contributed by atoms with Crippen molar-refractivity contribution in [1.29, 1.82) is 0 Å². The Morgan fingerprint density at radius 2 is 1.90 bits per heavy atom. The van der Waals surface area contributed by atoms with Crippen LogP contribution in [0, 0.1) is 19.8 Å².